The van der Waals surface area contributed by atoms with E-state index in [1.165, 1.54) is 36.5 Å². The molecule has 0 bridgehead atoms. The number of fused-ring (bicyclic) bond motifs is 1. The van der Waals surface area contributed by atoms with Crippen molar-refractivity contribution in [1.29, 1.82) is 0 Å². The molecule has 0 saturated heterocycles. The van der Waals surface area contributed by atoms with Crippen LogP contribution in [0.5, 0.6) is 0 Å². The van der Waals surface area contributed by atoms with Crippen LogP contribution >= 0.6 is 0 Å². The van der Waals surface area contributed by atoms with Crippen molar-refractivity contribution in [3.8, 4) is 0 Å². The highest BCUT2D eigenvalue weighted by atomic mass is 16.2. The lowest BCUT2D eigenvalue weighted by molar-refractivity contribution is -0.126. The zero-order valence-corrected chi connectivity index (χ0v) is 12.7. The van der Waals surface area contributed by atoms with E-state index >= 15 is 0 Å². The van der Waals surface area contributed by atoms with E-state index in [1.54, 1.807) is 6.08 Å². The summed E-state index contributed by atoms with van der Waals surface area (Å²) in [5.74, 6) is 0.942. The zero-order chi connectivity index (χ0) is 14.9. The summed E-state index contributed by atoms with van der Waals surface area (Å²) in [4.78, 5) is 14.6. The Bertz CT molecular complexity index is 720. The molecule has 0 atom stereocenters. The third-order valence-corrected chi connectivity index (χ3v) is 4.65. The molecule has 2 aliphatic rings. The van der Waals surface area contributed by atoms with Crippen LogP contribution < -0.4 is 0 Å². The first-order valence-electron chi connectivity index (χ1n) is 8.28. The first-order valence-corrected chi connectivity index (χ1v) is 8.28. The van der Waals surface area contributed by atoms with E-state index in [-0.39, 0.29) is 5.91 Å². The van der Waals surface area contributed by atoms with Crippen molar-refractivity contribution >= 4 is 22.8 Å². The summed E-state index contributed by atoms with van der Waals surface area (Å²) < 4.78 is 0. The molecule has 0 spiro atoms. The molecule has 112 valence electrons. The second-order valence-corrected chi connectivity index (χ2v) is 6.57. The Kier molecular flexibility index (Phi) is 3.45. The second-order valence-electron chi connectivity index (χ2n) is 6.57. The van der Waals surface area contributed by atoms with Crippen LogP contribution in [0.2, 0.25) is 0 Å². The average Bonchev–Trinajstić information content (AvgIpc) is 3.44. The van der Waals surface area contributed by atoms with Crippen molar-refractivity contribution in [2.75, 3.05) is 6.54 Å². The van der Waals surface area contributed by atoms with Gasteiger partial charge in [0.2, 0.25) is 5.91 Å². The van der Waals surface area contributed by atoms with Crippen molar-refractivity contribution in [3.63, 3.8) is 0 Å². The van der Waals surface area contributed by atoms with Crippen LogP contribution in [0.3, 0.4) is 0 Å². The molecule has 2 saturated carbocycles. The minimum absolute atomic E-state index is 0.183. The van der Waals surface area contributed by atoms with Crippen LogP contribution in [-0.4, -0.2) is 23.4 Å². The molecule has 0 aromatic heterocycles. The van der Waals surface area contributed by atoms with Gasteiger partial charge in [-0.1, -0.05) is 42.5 Å². The number of nitrogens with zero attached hydrogens (tertiary/aromatic N) is 1. The monoisotopic (exact) mass is 291 g/mol. The van der Waals surface area contributed by atoms with Gasteiger partial charge >= 0.3 is 0 Å². The minimum Gasteiger partial charge on any atom is -0.336 e. The van der Waals surface area contributed by atoms with Crippen molar-refractivity contribution in [1.82, 2.24) is 4.90 Å². The summed E-state index contributed by atoms with van der Waals surface area (Å²) >= 11 is 0. The van der Waals surface area contributed by atoms with Gasteiger partial charge in [-0.2, -0.15) is 0 Å². The summed E-state index contributed by atoms with van der Waals surface area (Å²) in [6.07, 6.45) is 8.70. The van der Waals surface area contributed by atoms with E-state index in [0.717, 1.165) is 18.0 Å². The van der Waals surface area contributed by atoms with Gasteiger partial charge in [-0.05, 0) is 54.0 Å². The van der Waals surface area contributed by atoms with Gasteiger partial charge in [0.15, 0.2) is 0 Å². The average molecular weight is 291 g/mol. The lowest BCUT2D eigenvalue weighted by Crippen LogP contribution is -2.33. The molecule has 2 aliphatic carbocycles. The predicted molar refractivity (Wildman–Crippen MR) is 90.4 cm³/mol. The molecular formula is C20H21NO. The Morgan fingerprint density at radius 1 is 1.05 bits per heavy atom. The number of hydrogen-bond donors (Lipinski definition) is 0. The number of hydrogen-bond acceptors (Lipinski definition) is 1. The molecule has 0 heterocycles. The van der Waals surface area contributed by atoms with Gasteiger partial charge in [-0.3, -0.25) is 4.79 Å². The van der Waals surface area contributed by atoms with Crippen LogP contribution in [0.15, 0.2) is 48.5 Å². The van der Waals surface area contributed by atoms with Crippen molar-refractivity contribution < 1.29 is 4.79 Å². The third-order valence-electron chi connectivity index (χ3n) is 4.65. The largest absolute Gasteiger partial charge is 0.336 e. The minimum atomic E-state index is 0.183. The Hall–Kier alpha value is -2.09. The van der Waals surface area contributed by atoms with Gasteiger partial charge in [0.05, 0.1) is 0 Å². The van der Waals surface area contributed by atoms with E-state index in [1.807, 2.05) is 18.2 Å². The molecule has 0 radical (unpaired) electrons. The van der Waals surface area contributed by atoms with E-state index in [9.17, 15) is 4.79 Å². The zero-order valence-electron chi connectivity index (χ0n) is 12.7. The van der Waals surface area contributed by atoms with Crippen LogP contribution in [0.4, 0.5) is 0 Å². The highest BCUT2D eigenvalue weighted by Crippen LogP contribution is 2.35. The van der Waals surface area contributed by atoms with Crippen molar-refractivity contribution in [3.05, 3.63) is 54.1 Å². The molecular weight excluding hydrogens is 270 g/mol. The summed E-state index contributed by atoms with van der Waals surface area (Å²) in [5.41, 5.74) is 1.12. The molecule has 1 amide bonds. The van der Waals surface area contributed by atoms with Gasteiger partial charge in [-0.15, -0.1) is 0 Å². The highest BCUT2D eigenvalue weighted by Gasteiger charge is 2.35. The molecule has 0 aliphatic heterocycles. The Labute approximate surface area is 131 Å². The van der Waals surface area contributed by atoms with Gasteiger partial charge < -0.3 is 4.90 Å². The van der Waals surface area contributed by atoms with Gasteiger partial charge in [0, 0.05) is 18.7 Å². The molecule has 22 heavy (non-hydrogen) atoms. The molecule has 2 nitrogen and oxygen atoms in total. The van der Waals surface area contributed by atoms with Gasteiger partial charge in [0.25, 0.3) is 0 Å². The molecule has 4 rings (SSSR count). The lowest BCUT2D eigenvalue weighted by Gasteiger charge is -2.20. The quantitative estimate of drug-likeness (QED) is 0.754. The summed E-state index contributed by atoms with van der Waals surface area (Å²) in [6, 6.07) is 15.1. The first kappa shape index (κ1) is 13.6. The smallest absolute Gasteiger partial charge is 0.246 e. The Morgan fingerprint density at radius 3 is 2.59 bits per heavy atom. The van der Waals surface area contributed by atoms with E-state index in [4.69, 9.17) is 0 Å². The topological polar surface area (TPSA) is 20.3 Å². The van der Waals surface area contributed by atoms with Crippen LogP contribution in [0.1, 0.15) is 31.2 Å². The molecule has 2 fully saturated rings. The second kappa shape index (κ2) is 5.60. The van der Waals surface area contributed by atoms with Crippen molar-refractivity contribution in [2.45, 2.75) is 31.7 Å². The molecule has 2 heteroatoms. The standard InChI is InChI=1S/C20H21NO/c22-20(21(18-11-12-18)14-15-8-9-15)13-10-17-6-3-5-16-4-1-2-7-19(16)17/h1-7,10,13,15,18H,8-9,11-12,14H2/b13-10+. The third kappa shape index (κ3) is 2.92. The summed E-state index contributed by atoms with van der Waals surface area (Å²) in [7, 11) is 0. The molecule has 2 aromatic rings. The van der Waals surface area contributed by atoms with E-state index in [0.29, 0.717) is 6.04 Å². The normalized spacial score (nSPS) is 18.0. The molecule has 0 unspecified atom stereocenters. The van der Waals surface area contributed by atoms with Gasteiger partial charge in [0.1, 0.15) is 0 Å². The van der Waals surface area contributed by atoms with E-state index in [2.05, 4.69) is 35.2 Å². The van der Waals surface area contributed by atoms with Crippen LogP contribution in [0, 0.1) is 5.92 Å². The maximum atomic E-state index is 12.5. The summed E-state index contributed by atoms with van der Waals surface area (Å²) in [6.45, 7) is 0.962. The number of rotatable bonds is 5. The maximum Gasteiger partial charge on any atom is 0.246 e. The number of benzene rings is 2. The SMILES string of the molecule is O=C(/C=C/c1cccc2ccccc12)N(CC1CC1)C1CC1. The number of carbonyl (C=O) groups excluding carboxylic acids is 1. The Balaban J connectivity index is 1.55. The van der Waals surface area contributed by atoms with Crippen LogP contribution in [0.25, 0.3) is 16.8 Å². The first-order chi connectivity index (χ1) is 10.8. The van der Waals surface area contributed by atoms with Crippen LogP contribution in [-0.2, 0) is 4.79 Å². The number of amides is 1. The number of carbonyl (C=O) groups is 1. The molecule has 2 aromatic carbocycles. The van der Waals surface area contributed by atoms with Crippen molar-refractivity contribution in [2.24, 2.45) is 5.92 Å². The van der Waals surface area contributed by atoms with Gasteiger partial charge in [-0.25, -0.2) is 0 Å². The highest BCUT2D eigenvalue weighted by molar-refractivity contribution is 5.97. The maximum absolute atomic E-state index is 12.5. The lowest BCUT2D eigenvalue weighted by atomic mass is 10.0. The fraction of sp³-hybridized carbons (Fsp3) is 0.350. The molecule has 0 N–H and O–H groups in total. The fourth-order valence-corrected chi connectivity index (χ4v) is 3.04. The Morgan fingerprint density at radius 2 is 1.82 bits per heavy atom. The van der Waals surface area contributed by atoms with E-state index < -0.39 is 0 Å². The summed E-state index contributed by atoms with van der Waals surface area (Å²) in [5, 5.41) is 2.42. The predicted octanol–water partition coefficient (Wildman–Crippen LogP) is 4.25. The fourth-order valence-electron chi connectivity index (χ4n) is 3.04.